The second-order valence-electron chi connectivity index (χ2n) is 4.99. The van der Waals surface area contributed by atoms with Crippen LogP contribution in [0, 0.1) is 0 Å². The van der Waals surface area contributed by atoms with Gasteiger partial charge in [0.2, 0.25) is 18.2 Å². The minimum absolute atomic E-state index is 0.0335. The number of rotatable bonds is 5. The molecule has 0 radical (unpaired) electrons. The molecule has 11 heteroatoms. The Hall–Kier alpha value is -2.69. The van der Waals surface area contributed by atoms with Crippen molar-refractivity contribution >= 4 is 17.9 Å². The normalized spacial score (nSPS) is 18.4. The molecule has 1 aromatic rings. The molecule has 1 aliphatic rings. The summed E-state index contributed by atoms with van der Waals surface area (Å²) < 4.78 is 10.3. The van der Waals surface area contributed by atoms with Gasteiger partial charge in [0.1, 0.15) is 6.33 Å². The van der Waals surface area contributed by atoms with Gasteiger partial charge in [-0.05, 0) is 13.3 Å². The lowest BCUT2D eigenvalue weighted by Gasteiger charge is -2.39. The zero-order valence-corrected chi connectivity index (χ0v) is 14.5. The van der Waals surface area contributed by atoms with E-state index in [0.717, 1.165) is 6.42 Å². The number of hydrazine groups is 1. The predicted octanol–water partition coefficient (Wildman–Crippen LogP) is -0.464. The van der Waals surface area contributed by atoms with Crippen molar-refractivity contribution in [3.05, 3.63) is 6.33 Å². The molecule has 2 rings (SSSR count). The first-order valence-electron chi connectivity index (χ1n) is 7.49. The molecule has 0 amide bonds. The third-order valence-corrected chi connectivity index (χ3v) is 3.58. The number of hydrogen-bond acceptors (Lipinski definition) is 11. The van der Waals surface area contributed by atoms with E-state index in [0.29, 0.717) is 11.9 Å². The molecule has 0 bridgehead atoms. The first-order chi connectivity index (χ1) is 11.5. The molecule has 3 N–H and O–H groups in total. The van der Waals surface area contributed by atoms with Crippen LogP contribution < -0.4 is 20.8 Å². The van der Waals surface area contributed by atoms with Crippen molar-refractivity contribution in [2.24, 2.45) is 15.8 Å². The number of nitrogens with zero attached hydrogens (tertiary/aromatic N) is 7. The molecule has 2 atom stereocenters. The van der Waals surface area contributed by atoms with Gasteiger partial charge in [-0.15, -0.1) is 0 Å². The monoisotopic (exact) mass is 337 g/mol. The highest BCUT2D eigenvalue weighted by molar-refractivity contribution is 5.94. The van der Waals surface area contributed by atoms with Crippen LogP contribution in [0.1, 0.15) is 20.3 Å². The fourth-order valence-corrected chi connectivity index (χ4v) is 2.14. The van der Waals surface area contributed by atoms with E-state index in [1.54, 1.807) is 7.05 Å². The number of guanidine groups is 1. The molecule has 0 fully saturated rings. The molecule has 1 aliphatic heterocycles. The van der Waals surface area contributed by atoms with Gasteiger partial charge in [-0.1, -0.05) is 6.92 Å². The van der Waals surface area contributed by atoms with Crippen LogP contribution in [0.15, 0.2) is 16.3 Å². The minimum Gasteiger partial charge on any atom is -0.467 e. The van der Waals surface area contributed by atoms with E-state index in [4.69, 9.17) is 15.3 Å². The molecule has 0 aromatic carbocycles. The van der Waals surface area contributed by atoms with Crippen LogP contribution in [-0.4, -0.2) is 65.5 Å². The Morgan fingerprint density at radius 1 is 1.38 bits per heavy atom. The van der Waals surface area contributed by atoms with Crippen molar-refractivity contribution in [2.75, 3.05) is 26.2 Å². The van der Waals surface area contributed by atoms with Gasteiger partial charge in [0.25, 0.3) is 0 Å². The van der Waals surface area contributed by atoms with Gasteiger partial charge in [-0.3, -0.25) is 4.90 Å². The predicted molar refractivity (Wildman–Crippen MR) is 89.4 cm³/mol. The highest BCUT2D eigenvalue weighted by Crippen LogP contribution is 2.22. The van der Waals surface area contributed by atoms with Crippen LogP contribution in [0.4, 0.5) is 5.95 Å². The molecule has 2 heterocycles. The molecule has 132 valence electrons. The summed E-state index contributed by atoms with van der Waals surface area (Å²) in [4.78, 5) is 23.0. The van der Waals surface area contributed by atoms with Crippen LogP contribution in [0.3, 0.4) is 0 Å². The number of nitrogens with two attached hydrogens (primary N) is 1. The fraction of sp³-hybridized carbons (Fsp3) is 0.615. The lowest BCUT2D eigenvalue weighted by Crippen LogP contribution is -2.59. The first kappa shape index (κ1) is 17.7. The van der Waals surface area contributed by atoms with Crippen LogP contribution in [0.25, 0.3) is 0 Å². The zero-order valence-electron chi connectivity index (χ0n) is 14.5. The maximum absolute atomic E-state index is 6.15. The smallest absolute Gasteiger partial charge is 0.320 e. The molecule has 0 aliphatic carbocycles. The molecule has 24 heavy (non-hydrogen) atoms. The van der Waals surface area contributed by atoms with Crippen LogP contribution in [-0.2, 0) is 4.74 Å². The van der Waals surface area contributed by atoms with Crippen molar-refractivity contribution in [3.8, 4) is 6.01 Å². The summed E-state index contributed by atoms with van der Waals surface area (Å²) in [6, 6.07) is 0.478. The van der Waals surface area contributed by atoms with E-state index in [1.807, 2.05) is 18.7 Å². The quantitative estimate of drug-likeness (QED) is 0.686. The van der Waals surface area contributed by atoms with Crippen LogP contribution in [0.5, 0.6) is 6.01 Å². The molecule has 11 nitrogen and oxygen atoms in total. The average Bonchev–Trinajstić information content (AvgIpc) is 2.63. The highest BCUT2D eigenvalue weighted by atomic mass is 16.5. The topological polar surface area (TPSA) is 126 Å². The maximum Gasteiger partial charge on any atom is 0.320 e. The summed E-state index contributed by atoms with van der Waals surface area (Å²) in [5.41, 5.74) is 0. The van der Waals surface area contributed by atoms with E-state index in [1.165, 1.54) is 25.6 Å². The van der Waals surface area contributed by atoms with E-state index >= 15 is 0 Å². The van der Waals surface area contributed by atoms with Crippen LogP contribution >= 0.6 is 0 Å². The van der Waals surface area contributed by atoms with Gasteiger partial charge in [0.05, 0.1) is 14.2 Å². The Bertz CT molecular complexity index is 621. The number of methoxy groups -OCH3 is 2. The molecule has 1 aromatic heterocycles. The van der Waals surface area contributed by atoms with Gasteiger partial charge in [-0.25, -0.2) is 20.8 Å². The summed E-state index contributed by atoms with van der Waals surface area (Å²) in [6.07, 6.45) is 1.57. The number of amidine groups is 1. The Morgan fingerprint density at radius 3 is 2.71 bits per heavy atom. The van der Waals surface area contributed by atoms with E-state index < -0.39 is 6.29 Å². The lowest BCUT2D eigenvalue weighted by atomic mass is 10.2. The lowest BCUT2D eigenvalue weighted by molar-refractivity contribution is 0.217. The summed E-state index contributed by atoms with van der Waals surface area (Å²) in [5, 5.41) is 4.22. The third kappa shape index (κ3) is 3.45. The number of anilines is 1. The SMILES string of the molecule is CCC(C)N(c1ncnc(OC)n1)C1N=C(NC)N=C(OC)N1N. The molecule has 0 saturated carbocycles. The summed E-state index contributed by atoms with van der Waals surface area (Å²) in [7, 11) is 4.71. The van der Waals surface area contributed by atoms with Gasteiger partial charge in [-0.2, -0.15) is 15.0 Å². The van der Waals surface area contributed by atoms with Crippen molar-refractivity contribution < 1.29 is 9.47 Å². The molecular formula is C13H23N9O2. The second kappa shape index (κ2) is 7.73. The second-order valence-corrected chi connectivity index (χ2v) is 4.99. The standard InChI is InChI=1S/C13H23N9O2/c1-6-8(2)21(10-16-7-17-11(20-10)23-4)12-18-9(15-3)19-13(24-5)22(12)14/h7-8,12H,6,14H2,1-5H3,(H,15,18). The fourth-order valence-electron chi connectivity index (χ4n) is 2.14. The molecule has 2 unspecified atom stereocenters. The average molecular weight is 337 g/mol. The Balaban J connectivity index is 2.47. The molecule has 0 saturated heterocycles. The number of aliphatic imine (C=N–C) groups is 2. The van der Waals surface area contributed by atoms with Crippen molar-refractivity contribution in [1.82, 2.24) is 25.3 Å². The van der Waals surface area contributed by atoms with Crippen LogP contribution in [0.2, 0.25) is 0 Å². The Morgan fingerprint density at radius 2 is 2.12 bits per heavy atom. The molecule has 0 spiro atoms. The van der Waals surface area contributed by atoms with E-state index in [-0.39, 0.29) is 18.1 Å². The van der Waals surface area contributed by atoms with Crippen molar-refractivity contribution in [3.63, 3.8) is 0 Å². The van der Waals surface area contributed by atoms with Crippen molar-refractivity contribution in [2.45, 2.75) is 32.6 Å². The number of hydrogen-bond donors (Lipinski definition) is 2. The van der Waals surface area contributed by atoms with E-state index in [2.05, 4.69) is 30.3 Å². The number of nitrogens with one attached hydrogen (secondary N) is 1. The maximum atomic E-state index is 6.15. The minimum atomic E-state index is -0.637. The van der Waals surface area contributed by atoms with Gasteiger partial charge < -0.3 is 14.8 Å². The number of aromatic nitrogens is 3. The Kier molecular flexibility index (Phi) is 5.68. The summed E-state index contributed by atoms with van der Waals surface area (Å²) >= 11 is 0. The van der Waals surface area contributed by atoms with Gasteiger partial charge >= 0.3 is 12.0 Å². The first-order valence-corrected chi connectivity index (χ1v) is 7.49. The van der Waals surface area contributed by atoms with Crippen molar-refractivity contribution in [1.29, 1.82) is 0 Å². The highest BCUT2D eigenvalue weighted by Gasteiger charge is 2.34. The Labute approximate surface area is 140 Å². The van der Waals surface area contributed by atoms with E-state index in [9.17, 15) is 0 Å². The zero-order chi connectivity index (χ0) is 17.7. The number of ether oxygens (including phenoxy) is 2. The van der Waals surface area contributed by atoms with Gasteiger partial charge in [0, 0.05) is 13.1 Å². The third-order valence-electron chi connectivity index (χ3n) is 3.58. The summed E-state index contributed by atoms with van der Waals surface area (Å²) in [5.74, 6) is 6.94. The largest absolute Gasteiger partial charge is 0.467 e. The summed E-state index contributed by atoms with van der Waals surface area (Å²) in [6.45, 7) is 4.07. The molecular weight excluding hydrogens is 314 g/mol. The van der Waals surface area contributed by atoms with Gasteiger partial charge in [0.15, 0.2) is 0 Å².